The van der Waals surface area contributed by atoms with Crippen molar-refractivity contribution in [3.8, 4) is 0 Å². The van der Waals surface area contributed by atoms with Gasteiger partial charge in [-0.15, -0.1) is 0 Å². The molecule has 0 radical (unpaired) electrons. The van der Waals surface area contributed by atoms with E-state index >= 15 is 0 Å². The van der Waals surface area contributed by atoms with Gasteiger partial charge in [-0.1, -0.05) is 0 Å². The molecule has 17 heavy (non-hydrogen) atoms. The van der Waals surface area contributed by atoms with Crippen LogP contribution in [0.15, 0.2) is 0 Å². The molecule has 5 heteroatoms. The van der Waals surface area contributed by atoms with Gasteiger partial charge >= 0.3 is 6.09 Å². The van der Waals surface area contributed by atoms with Crippen molar-refractivity contribution in [3.63, 3.8) is 0 Å². The molecule has 0 aromatic heterocycles. The van der Waals surface area contributed by atoms with Crippen molar-refractivity contribution in [3.05, 3.63) is 0 Å². The molecule has 2 unspecified atom stereocenters. The summed E-state index contributed by atoms with van der Waals surface area (Å²) in [5.41, 5.74) is 5.62. The molecule has 2 fully saturated rings. The molecule has 1 amide bonds. The van der Waals surface area contributed by atoms with E-state index in [0.29, 0.717) is 6.04 Å². The lowest BCUT2D eigenvalue weighted by Crippen LogP contribution is -2.46. The van der Waals surface area contributed by atoms with Crippen LogP contribution in [0.4, 0.5) is 4.79 Å². The molecule has 5 N–H and O–H groups in total. The van der Waals surface area contributed by atoms with E-state index < -0.39 is 6.09 Å². The average Bonchev–Trinajstić information content (AvgIpc) is 2.39. The highest BCUT2D eigenvalue weighted by atomic mass is 16.4. The first-order valence-corrected chi connectivity index (χ1v) is 6.27. The maximum Gasteiger partial charge on any atom is 0.405 e. The fraction of sp³-hybridized carbons (Fsp3) is 0.917. The van der Waals surface area contributed by atoms with Gasteiger partial charge in [0.2, 0.25) is 0 Å². The van der Waals surface area contributed by atoms with Gasteiger partial charge in [-0.3, -0.25) is 0 Å². The van der Waals surface area contributed by atoms with E-state index in [1.54, 1.807) is 20.8 Å². The summed E-state index contributed by atoms with van der Waals surface area (Å²) in [6, 6.07) is 0.520. The Kier molecular flexibility index (Phi) is 4.77. The lowest BCUT2D eigenvalue weighted by Gasteiger charge is -2.26. The topological polar surface area (TPSA) is 87.4 Å². The molecule has 1 heterocycles. The molecule has 2 atom stereocenters. The summed E-state index contributed by atoms with van der Waals surface area (Å²) < 4.78 is 0. The van der Waals surface area contributed by atoms with E-state index in [-0.39, 0.29) is 5.54 Å². The van der Waals surface area contributed by atoms with Crippen LogP contribution in [-0.4, -0.2) is 35.9 Å². The Morgan fingerprint density at radius 1 is 1.29 bits per heavy atom. The summed E-state index contributed by atoms with van der Waals surface area (Å²) in [7, 11) is 0. The smallest absolute Gasteiger partial charge is 0.405 e. The Morgan fingerprint density at radius 2 is 1.76 bits per heavy atom. The fourth-order valence-electron chi connectivity index (χ4n) is 2.45. The third kappa shape index (κ3) is 4.91. The maximum atomic E-state index is 9.90. The first kappa shape index (κ1) is 14.3. The molecule has 2 rings (SSSR count). The quantitative estimate of drug-likeness (QED) is 0.511. The predicted octanol–water partition coefficient (Wildman–Crippen LogP) is 0.996. The number of nitrogens with one attached hydrogen (secondary N) is 2. The zero-order valence-electron chi connectivity index (χ0n) is 11.0. The minimum absolute atomic E-state index is 0.328. The average molecular weight is 243 g/mol. The van der Waals surface area contributed by atoms with Crippen molar-refractivity contribution in [1.29, 1.82) is 0 Å². The van der Waals surface area contributed by atoms with E-state index in [2.05, 4.69) is 10.6 Å². The first-order valence-electron chi connectivity index (χ1n) is 6.27. The SMILES string of the molecule is CC(C)(C)NC(=O)O.NC1C2CCC1CNC2. The molecule has 1 aliphatic heterocycles. The summed E-state index contributed by atoms with van der Waals surface area (Å²) in [4.78, 5) is 9.90. The number of fused-ring (bicyclic) bond motifs is 2. The van der Waals surface area contributed by atoms with Crippen molar-refractivity contribution >= 4 is 6.09 Å². The van der Waals surface area contributed by atoms with Crippen LogP contribution < -0.4 is 16.4 Å². The summed E-state index contributed by atoms with van der Waals surface area (Å²) >= 11 is 0. The molecule has 0 aromatic carbocycles. The van der Waals surface area contributed by atoms with Crippen LogP contribution in [0.3, 0.4) is 0 Å². The van der Waals surface area contributed by atoms with Crippen LogP contribution in [-0.2, 0) is 0 Å². The van der Waals surface area contributed by atoms with Gasteiger partial charge in [-0.2, -0.15) is 0 Å². The van der Waals surface area contributed by atoms with E-state index in [0.717, 1.165) is 24.9 Å². The third-order valence-corrected chi connectivity index (χ3v) is 3.29. The standard InChI is InChI=1S/C7H14N2.C5H11NO2/c8-7-5-1-2-6(7)4-9-3-5;1-5(2,3)6-4(7)8/h5-7,9H,1-4,8H2;6H,1-3H3,(H,7,8). The van der Waals surface area contributed by atoms with Gasteiger partial charge in [0.15, 0.2) is 0 Å². The van der Waals surface area contributed by atoms with Crippen molar-refractivity contribution in [2.24, 2.45) is 17.6 Å². The molecule has 2 bridgehead atoms. The number of nitrogens with two attached hydrogens (primary N) is 1. The second kappa shape index (κ2) is 5.69. The van der Waals surface area contributed by atoms with Crippen LogP contribution in [0.25, 0.3) is 0 Å². The zero-order chi connectivity index (χ0) is 13.1. The number of hydrogen-bond donors (Lipinski definition) is 4. The highest BCUT2D eigenvalue weighted by Gasteiger charge is 2.35. The van der Waals surface area contributed by atoms with Crippen LogP contribution >= 0.6 is 0 Å². The molecule has 1 saturated carbocycles. The number of piperidine rings is 1. The number of hydrogen-bond acceptors (Lipinski definition) is 3. The molecule has 2 aliphatic rings. The second-order valence-corrected chi connectivity index (χ2v) is 6.01. The van der Waals surface area contributed by atoms with Gasteiger partial charge in [0, 0.05) is 11.6 Å². The Morgan fingerprint density at radius 3 is 2.00 bits per heavy atom. The molecular formula is C12H25N3O2. The number of carbonyl (C=O) groups is 1. The van der Waals surface area contributed by atoms with Crippen molar-refractivity contribution in [2.45, 2.75) is 45.2 Å². The summed E-state index contributed by atoms with van der Waals surface area (Å²) in [5.74, 6) is 1.59. The molecule has 0 aromatic rings. The summed E-state index contributed by atoms with van der Waals surface area (Å²) in [6.07, 6.45) is 1.75. The van der Waals surface area contributed by atoms with E-state index in [4.69, 9.17) is 10.8 Å². The number of rotatable bonds is 0. The normalized spacial score (nSPS) is 31.4. The monoisotopic (exact) mass is 243 g/mol. The van der Waals surface area contributed by atoms with Gasteiger partial charge in [-0.25, -0.2) is 4.79 Å². The van der Waals surface area contributed by atoms with Gasteiger partial charge in [0.1, 0.15) is 0 Å². The lowest BCUT2D eigenvalue weighted by molar-refractivity contribution is 0.184. The van der Waals surface area contributed by atoms with Crippen LogP contribution in [0.2, 0.25) is 0 Å². The Bertz CT molecular complexity index is 247. The minimum atomic E-state index is -0.975. The van der Waals surface area contributed by atoms with Crippen LogP contribution in [0.5, 0.6) is 0 Å². The molecule has 1 aliphatic carbocycles. The first-order chi connectivity index (χ1) is 7.79. The van der Waals surface area contributed by atoms with Crippen LogP contribution in [0.1, 0.15) is 33.6 Å². The molecule has 0 spiro atoms. The fourth-order valence-corrected chi connectivity index (χ4v) is 2.45. The van der Waals surface area contributed by atoms with E-state index in [1.807, 2.05) is 0 Å². The van der Waals surface area contributed by atoms with Gasteiger partial charge in [-0.05, 0) is 58.5 Å². The molecule has 100 valence electrons. The third-order valence-electron chi connectivity index (χ3n) is 3.29. The highest BCUT2D eigenvalue weighted by molar-refractivity contribution is 5.65. The Balaban J connectivity index is 0.000000172. The maximum absolute atomic E-state index is 9.90. The van der Waals surface area contributed by atoms with Gasteiger partial charge in [0.05, 0.1) is 0 Å². The van der Waals surface area contributed by atoms with Gasteiger partial charge in [0.25, 0.3) is 0 Å². The second-order valence-electron chi connectivity index (χ2n) is 6.01. The molecule has 5 nitrogen and oxygen atoms in total. The number of amides is 1. The zero-order valence-corrected chi connectivity index (χ0v) is 11.0. The highest BCUT2D eigenvalue weighted by Crippen LogP contribution is 2.31. The Hall–Kier alpha value is -0.810. The van der Waals surface area contributed by atoms with Crippen molar-refractivity contribution in [2.75, 3.05) is 13.1 Å². The Labute approximate surface area is 103 Å². The predicted molar refractivity (Wildman–Crippen MR) is 68.0 cm³/mol. The van der Waals surface area contributed by atoms with E-state index in [1.165, 1.54) is 12.8 Å². The minimum Gasteiger partial charge on any atom is -0.465 e. The lowest BCUT2D eigenvalue weighted by atomic mass is 9.95. The van der Waals surface area contributed by atoms with Crippen molar-refractivity contribution in [1.82, 2.24) is 10.6 Å². The van der Waals surface area contributed by atoms with E-state index in [9.17, 15) is 4.79 Å². The summed E-state index contributed by atoms with van der Waals surface area (Å²) in [6.45, 7) is 7.71. The number of carboxylic acid groups (broad SMARTS) is 1. The largest absolute Gasteiger partial charge is 0.465 e. The van der Waals surface area contributed by atoms with Crippen LogP contribution in [0, 0.1) is 11.8 Å². The summed E-state index contributed by atoms with van der Waals surface area (Å²) in [5, 5.41) is 13.8. The molecule has 1 saturated heterocycles. The molecular weight excluding hydrogens is 218 g/mol. The van der Waals surface area contributed by atoms with Crippen molar-refractivity contribution < 1.29 is 9.90 Å². The van der Waals surface area contributed by atoms with Gasteiger partial charge < -0.3 is 21.5 Å².